The number of esters is 1. The smallest absolute Gasteiger partial charge is 0.375 e. The van der Waals surface area contributed by atoms with Gasteiger partial charge in [0.2, 0.25) is 5.76 Å². The lowest BCUT2D eigenvalue weighted by atomic mass is 10.1. The van der Waals surface area contributed by atoms with Crippen LogP contribution in [0, 0.1) is 6.92 Å². The molecule has 7 nitrogen and oxygen atoms in total. The Morgan fingerprint density at radius 3 is 2.52 bits per heavy atom. The zero-order valence-electron chi connectivity index (χ0n) is 14.4. The summed E-state index contributed by atoms with van der Waals surface area (Å²) in [6, 6.07) is 4.48. The maximum Gasteiger partial charge on any atom is 0.375 e. The first-order valence-electron chi connectivity index (χ1n) is 7.55. The summed E-state index contributed by atoms with van der Waals surface area (Å²) in [4.78, 5) is 35.4. The van der Waals surface area contributed by atoms with Crippen molar-refractivity contribution in [3.63, 3.8) is 0 Å². The van der Waals surface area contributed by atoms with Crippen molar-refractivity contribution in [3.05, 3.63) is 34.5 Å². The number of halogens is 1. The van der Waals surface area contributed by atoms with Crippen molar-refractivity contribution in [1.29, 1.82) is 0 Å². The molecule has 1 aromatic heterocycles. The Kier molecular flexibility index (Phi) is 5.37. The van der Waals surface area contributed by atoms with Gasteiger partial charge in [0.15, 0.2) is 12.2 Å². The lowest BCUT2D eigenvalue weighted by Gasteiger charge is -2.20. The molecular formula is C17H19ClN2O5. The van der Waals surface area contributed by atoms with Crippen LogP contribution in [0.3, 0.4) is 0 Å². The second kappa shape index (κ2) is 7.14. The van der Waals surface area contributed by atoms with Crippen molar-refractivity contribution in [2.45, 2.75) is 33.2 Å². The van der Waals surface area contributed by atoms with Gasteiger partial charge in [0.25, 0.3) is 5.91 Å². The van der Waals surface area contributed by atoms with E-state index in [4.69, 9.17) is 20.8 Å². The molecule has 0 fully saturated rings. The van der Waals surface area contributed by atoms with Crippen molar-refractivity contribution < 1.29 is 23.5 Å². The third kappa shape index (κ3) is 4.73. The van der Waals surface area contributed by atoms with Gasteiger partial charge in [0.1, 0.15) is 0 Å². The van der Waals surface area contributed by atoms with Gasteiger partial charge >= 0.3 is 12.0 Å². The van der Waals surface area contributed by atoms with Gasteiger partial charge in [-0.15, -0.1) is 0 Å². The molecule has 2 aromatic rings. The van der Waals surface area contributed by atoms with Crippen molar-refractivity contribution in [3.8, 4) is 0 Å². The second-order valence-electron chi connectivity index (χ2n) is 6.50. The Morgan fingerprint density at radius 1 is 1.24 bits per heavy atom. The highest BCUT2D eigenvalue weighted by Gasteiger charge is 2.22. The van der Waals surface area contributed by atoms with E-state index in [0.717, 1.165) is 0 Å². The normalized spacial score (nSPS) is 11.2. The average Bonchev–Trinajstić information content (AvgIpc) is 2.82. The van der Waals surface area contributed by atoms with Crippen molar-refractivity contribution in [2.24, 2.45) is 0 Å². The minimum Gasteiger partial charge on any atom is -0.450 e. The van der Waals surface area contributed by atoms with E-state index >= 15 is 0 Å². The third-order valence-electron chi connectivity index (χ3n) is 3.18. The van der Waals surface area contributed by atoms with Gasteiger partial charge in [-0.2, -0.15) is 0 Å². The van der Waals surface area contributed by atoms with Gasteiger partial charge in [0, 0.05) is 16.5 Å². The first-order chi connectivity index (χ1) is 11.6. The standard InChI is InChI=1S/C17H19ClN2O5/c1-9-10-6-5-7-11(18)14(10)25-13(9)15(22)24-8-12(21)19-16(23)20-17(2,3)4/h5-7H,8H2,1-4H3,(H2,19,20,21,23). The van der Waals surface area contributed by atoms with Crippen LogP contribution in [-0.4, -0.2) is 30.1 Å². The summed E-state index contributed by atoms with van der Waals surface area (Å²) in [5, 5.41) is 5.69. The maximum atomic E-state index is 12.1. The SMILES string of the molecule is Cc1c(C(=O)OCC(=O)NC(=O)NC(C)(C)C)oc2c(Cl)cccc12. The number of fused-ring (bicyclic) bond motifs is 1. The number of imide groups is 1. The largest absolute Gasteiger partial charge is 0.450 e. The highest BCUT2D eigenvalue weighted by molar-refractivity contribution is 6.35. The predicted octanol–water partition coefficient (Wildman–Crippen LogP) is 3.18. The van der Waals surface area contributed by atoms with Crippen LogP contribution in [0.5, 0.6) is 0 Å². The minimum absolute atomic E-state index is 0.0324. The van der Waals surface area contributed by atoms with Crippen LogP contribution in [0.15, 0.2) is 22.6 Å². The number of para-hydroxylation sites is 1. The zero-order chi connectivity index (χ0) is 18.8. The highest BCUT2D eigenvalue weighted by Crippen LogP contribution is 2.30. The van der Waals surface area contributed by atoms with E-state index in [1.807, 2.05) is 0 Å². The fourth-order valence-electron chi connectivity index (χ4n) is 2.13. The minimum atomic E-state index is -0.809. The summed E-state index contributed by atoms with van der Waals surface area (Å²) in [5.74, 6) is -1.59. The van der Waals surface area contributed by atoms with E-state index in [2.05, 4.69) is 10.6 Å². The monoisotopic (exact) mass is 366 g/mol. The van der Waals surface area contributed by atoms with Crippen LogP contribution in [0.25, 0.3) is 11.0 Å². The van der Waals surface area contributed by atoms with Crippen LogP contribution in [0.2, 0.25) is 5.02 Å². The van der Waals surface area contributed by atoms with Gasteiger partial charge in [-0.3, -0.25) is 10.1 Å². The molecule has 2 N–H and O–H groups in total. The summed E-state index contributed by atoms with van der Waals surface area (Å²) < 4.78 is 10.4. The molecular weight excluding hydrogens is 348 g/mol. The third-order valence-corrected chi connectivity index (χ3v) is 3.47. The van der Waals surface area contributed by atoms with Crippen LogP contribution in [0.4, 0.5) is 4.79 Å². The molecule has 0 aliphatic carbocycles. The fourth-order valence-corrected chi connectivity index (χ4v) is 2.35. The molecule has 1 aromatic carbocycles. The Hall–Kier alpha value is -2.54. The molecule has 2 rings (SSSR count). The number of urea groups is 1. The molecule has 134 valence electrons. The van der Waals surface area contributed by atoms with Gasteiger partial charge in [-0.05, 0) is 33.8 Å². The van der Waals surface area contributed by atoms with Crippen LogP contribution in [0.1, 0.15) is 36.9 Å². The summed E-state index contributed by atoms with van der Waals surface area (Å²) in [7, 11) is 0. The summed E-state index contributed by atoms with van der Waals surface area (Å²) >= 11 is 6.03. The number of nitrogens with one attached hydrogen (secondary N) is 2. The molecule has 0 bridgehead atoms. The molecule has 0 saturated carbocycles. The number of furan rings is 1. The van der Waals surface area contributed by atoms with Gasteiger partial charge in [-0.1, -0.05) is 23.7 Å². The lowest BCUT2D eigenvalue weighted by Crippen LogP contribution is -2.49. The summed E-state index contributed by atoms with van der Waals surface area (Å²) in [5.41, 5.74) is 0.446. The Morgan fingerprint density at radius 2 is 1.92 bits per heavy atom. The second-order valence-corrected chi connectivity index (χ2v) is 6.91. The number of amides is 3. The van der Waals surface area contributed by atoms with Crippen molar-refractivity contribution in [1.82, 2.24) is 10.6 Å². The van der Waals surface area contributed by atoms with Crippen LogP contribution < -0.4 is 10.6 Å². The highest BCUT2D eigenvalue weighted by atomic mass is 35.5. The molecule has 0 atom stereocenters. The quantitative estimate of drug-likeness (QED) is 0.813. The predicted molar refractivity (Wildman–Crippen MR) is 92.7 cm³/mol. The number of rotatable bonds is 3. The van der Waals surface area contributed by atoms with Gasteiger partial charge in [0.05, 0.1) is 5.02 Å². The first kappa shape index (κ1) is 18.8. The molecule has 0 radical (unpaired) electrons. The Balaban J connectivity index is 1.99. The number of aryl methyl sites for hydroxylation is 1. The van der Waals surface area contributed by atoms with Gasteiger partial charge in [-0.25, -0.2) is 9.59 Å². The number of ether oxygens (including phenoxy) is 1. The number of benzene rings is 1. The molecule has 0 aliphatic heterocycles. The van der Waals surface area contributed by atoms with Crippen molar-refractivity contribution in [2.75, 3.05) is 6.61 Å². The van der Waals surface area contributed by atoms with E-state index in [0.29, 0.717) is 21.6 Å². The number of carbonyl (C=O) groups is 3. The van der Waals surface area contributed by atoms with E-state index in [1.54, 1.807) is 45.9 Å². The summed E-state index contributed by atoms with van der Waals surface area (Å²) in [6.07, 6.45) is 0. The molecule has 0 unspecified atom stereocenters. The molecule has 0 spiro atoms. The lowest BCUT2D eigenvalue weighted by molar-refractivity contribution is -0.123. The molecule has 8 heteroatoms. The first-order valence-corrected chi connectivity index (χ1v) is 7.93. The van der Waals surface area contributed by atoms with Crippen LogP contribution >= 0.6 is 11.6 Å². The fraction of sp³-hybridized carbons (Fsp3) is 0.353. The number of carbonyl (C=O) groups excluding carboxylic acids is 3. The van der Waals surface area contributed by atoms with Gasteiger partial charge < -0.3 is 14.5 Å². The number of hydrogen-bond donors (Lipinski definition) is 2. The van der Waals surface area contributed by atoms with E-state index in [1.165, 1.54) is 0 Å². The van der Waals surface area contributed by atoms with Crippen LogP contribution in [-0.2, 0) is 9.53 Å². The Labute approximate surface area is 149 Å². The molecule has 0 saturated heterocycles. The molecule has 25 heavy (non-hydrogen) atoms. The average molecular weight is 367 g/mol. The van der Waals surface area contributed by atoms with E-state index in [9.17, 15) is 14.4 Å². The molecule has 1 heterocycles. The Bertz CT molecular complexity index is 835. The molecule has 3 amide bonds. The summed E-state index contributed by atoms with van der Waals surface area (Å²) in [6.45, 7) is 6.39. The maximum absolute atomic E-state index is 12.1. The van der Waals surface area contributed by atoms with E-state index in [-0.39, 0.29) is 5.76 Å². The topological polar surface area (TPSA) is 97.6 Å². The van der Waals surface area contributed by atoms with E-state index < -0.39 is 30.1 Å². The van der Waals surface area contributed by atoms with Crippen molar-refractivity contribution >= 4 is 40.5 Å². The molecule has 0 aliphatic rings. The zero-order valence-corrected chi connectivity index (χ0v) is 15.1. The number of hydrogen-bond acceptors (Lipinski definition) is 5.